The van der Waals surface area contributed by atoms with E-state index in [0.717, 1.165) is 33.1 Å². The van der Waals surface area contributed by atoms with Crippen molar-refractivity contribution >= 4 is 26.8 Å². The summed E-state index contributed by atoms with van der Waals surface area (Å²) in [5, 5.41) is 10.9. The predicted octanol–water partition coefficient (Wildman–Crippen LogP) is 4.99. The number of nitrogens with zero attached hydrogens (tertiary/aromatic N) is 2. The first kappa shape index (κ1) is 15.0. The molecule has 2 aromatic heterocycles. The van der Waals surface area contributed by atoms with Crippen molar-refractivity contribution < 1.29 is 9.52 Å². The van der Waals surface area contributed by atoms with Crippen LogP contribution in [-0.4, -0.2) is 14.7 Å². The minimum Gasteiger partial charge on any atom is -0.508 e. The summed E-state index contributed by atoms with van der Waals surface area (Å²) in [6.45, 7) is 2.05. The fourth-order valence-electron chi connectivity index (χ4n) is 3.07. The van der Waals surface area contributed by atoms with Gasteiger partial charge in [-0.25, -0.2) is 4.98 Å². The van der Waals surface area contributed by atoms with E-state index < -0.39 is 0 Å². The van der Waals surface area contributed by atoms with Crippen LogP contribution in [0.5, 0.6) is 5.75 Å². The minimum atomic E-state index is 0.254. The van der Waals surface area contributed by atoms with E-state index in [-0.39, 0.29) is 5.75 Å². The molecule has 0 saturated heterocycles. The molecule has 4 aromatic rings. The first-order valence-electron chi connectivity index (χ1n) is 7.60. The molecular formula is C19H15BrN2O2. The van der Waals surface area contributed by atoms with Crippen LogP contribution in [0.2, 0.25) is 0 Å². The first-order valence-corrected chi connectivity index (χ1v) is 8.40. The standard InChI is InChI=1S/C19H15BrN2O2/c1-12-16(10-13-2-4-14(20)5-3-13)17-11-15(23)6-7-18(17)22(12)19-21-8-9-24-19/h2-9,11,23H,10H2,1H3. The maximum Gasteiger partial charge on any atom is 0.306 e. The Hall–Kier alpha value is -2.53. The quantitative estimate of drug-likeness (QED) is 0.543. The van der Waals surface area contributed by atoms with Gasteiger partial charge in [0.1, 0.15) is 12.0 Å². The Labute approximate surface area is 147 Å². The molecule has 4 nitrogen and oxygen atoms in total. The molecule has 0 aliphatic rings. The Morgan fingerprint density at radius 1 is 1.17 bits per heavy atom. The third kappa shape index (κ3) is 2.51. The van der Waals surface area contributed by atoms with E-state index in [1.807, 2.05) is 22.8 Å². The van der Waals surface area contributed by atoms with Gasteiger partial charge >= 0.3 is 6.01 Å². The number of fused-ring (bicyclic) bond motifs is 1. The number of phenols is 1. The summed E-state index contributed by atoms with van der Waals surface area (Å²) in [6.07, 6.45) is 3.97. The number of aromatic nitrogens is 2. The van der Waals surface area contributed by atoms with Crippen molar-refractivity contribution in [1.82, 2.24) is 9.55 Å². The summed E-state index contributed by atoms with van der Waals surface area (Å²) < 4.78 is 8.55. The minimum absolute atomic E-state index is 0.254. The molecule has 0 atom stereocenters. The average molecular weight is 383 g/mol. The number of phenolic OH excluding ortho intramolecular Hbond substituents is 1. The molecule has 2 heterocycles. The van der Waals surface area contributed by atoms with Crippen molar-refractivity contribution in [3.05, 3.63) is 76.2 Å². The number of hydrogen-bond acceptors (Lipinski definition) is 3. The Morgan fingerprint density at radius 3 is 2.67 bits per heavy atom. The third-order valence-corrected chi connectivity index (χ3v) is 4.75. The zero-order valence-electron chi connectivity index (χ0n) is 13.0. The molecule has 0 saturated carbocycles. The van der Waals surface area contributed by atoms with Crippen LogP contribution in [-0.2, 0) is 6.42 Å². The van der Waals surface area contributed by atoms with Crippen LogP contribution in [0.15, 0.2) is 63.8 Å². The Balaban J connectivity index is 1.92. The highest BCUT2D eigenvalue weighted by atomic mass is 79.9. The SMILES string of the molecule is Cc1c(Cc2ccc(Br)cc2)c2cc(O)ccc2n1-c1ncco1. The summed E-state index contributed by atoms with van der Waals surface area (Å²) in [4.78, 5) is 4.28. The first-order chi connectivity index (χ1) is 11.6. The number of halogens is 1. The monoisotopic (exact) mass is 382 g/mol. The maximum absolute atomic E-state index is 9.93. The number of oxazole rings is 1. The van der Waals surface area contributed by atoms with Crippen LogP contribution in [0.1, 0.15) is 16.8 Å². The molecule has 0 fully saturated rings. The normalized spacial score (nSPS) is 11.2. The number of hydrogen-bond donors (Lipinski definition) is 1. The van der Waals surface area contributed by atoms with Gasteiger partial charge in [-0.3, -0.25) is 4.57 Å². The van der Waals surface area contributed by atoms with Gasteiger partial charge in [-0.2, -0.15) is 0 Å². The van der Waals surface area contributed by atoms with E-state index in [9.17, 15) is 5.11 Å². The van der Waals surface area contributed by atoms with Crippen LogP contribution >= 0.6 is 15.9 Å². The predicted molar refractivity (Wildman–Crippen MR) is 96.7 cm³/mol. The Bertz CT molecular complexity index is 1000. The van der Waals surface area contributed by atoms with Crippen molar-refractivity contribution in [2.45, 2.75) is 13.3 Å². The van der Waals surface area contributed by atoms with Crippen molar-refractivity contribution in [2.24, 2.45) is 0 Å². The molecule has 2 aromatic carbocycles. The van der Waals surface area contributed by atoms with Crippen LogP contribution < -0.4 is 0 Å². The molecule has 1 N–H and O–H groups in total. The van der Waals surface area contributed by atoms with Crippen LogP contribution in [0.4, 0.5) is 0 Å². The fourth-order valence-corrected chi connectivity index (χ4v) is 3.34. The van der Waals surface area contributed by atoms with Gasteiger partial charge in [-0.1, -0.05) is 28.1 Å². The average Bonchev–Trinajstić information content (AvgIpc) is 3.17. The molecule has 120 valence electrons. The summed E-state index contributed by atoms with van der Waals surface area (Å²) in [5.74, 6) is 0.254. The van der Waals surface area contributed by atoms with E-state index in [2.05, 4.69) is 40.0 Å². The van der Waals surface area contributed by atoms with Crippen LogP contribution in [0, 0.1) is 6.92 Å². The van der Waals surface area contributed by atoms with Crippen molar-refractivity contribution in [3.63, 3.8) is 0 Å². The fraction of sp³-hybridized carbons (Fsp3) is 0.105. The lowest BCUT2D eigenvalue weighted by atomic mass is 10.0. The smallest absolute Gasteiger partial charge is 0.306 e. The molecule has 0 bridgehead atoms. The van der Waals surface area contributed by atoms with Gasteiger partial charge in [0.15, 0.2) is 0 Å². The van der Waals surface area contributed by atoms with E-state index in [0.29, 0.717) is 6.01 Å². The molecule has 0 amide bonds. The van der Waals surface area contributed by atoms with E-state index >= 15 is 0 Å². The van der Waals surface area contributed by atoms with Crippen LogP contribution in [0.25, 0.3) is 16.9 Å². The zero-order valence-corrected chi connectivity index (χ0v) is 14.6. The highest BCUT2D eigenvalue weighted by Gasteiger charge is 2.18. The summed E-state index contributed by atoms with van der Waals surface area (Å²) in [7, 11) is 0. The lowest BCUT2D eigenvalue weighted by Gasteiger charge is -2.05. The van der Waals surface area contributed by atoms with Gasteiger partial charge in [0, 0.05) is 15.6 Å². The topological polar surface area (TPSA) is 51.2 Å². The Kier molecular flexibility index (Phi) is 3.65. The van der Waals surface area contributed by atoms with Gasteiger partial charge in [0.2, 0.25) is 0 Å². The lowest BCUT2D eigenvalue weighted by Crippen LogP contribution is -1.98. The highest BCUT2D eigenvalue weighted by molar-refractivity contribution is 9.10. The number of benzene rings is 2. The molecule has 24 heavy (non-hydrogen) atoms. The second-order valence-corrected chi connectivity index (χ2v) is 6.63. The lowest BCUT2D eigenvalue weighted by molar-refractivity contribution is 0.476. The van der Waals surface area contributed by atoms with Gasteiger partial charge in [0.25, 0.3) is 0 Å². The number of aromatic hydroxyl groups is 1. The largest absolute Gasteiger partial charge is 0.508 e. The summed E-state index contributed by atoms with van der Waals surface area (Å²) in [6, 6.07) is 14.2. The van der Waals surface area contributed by atoms with Gasteiger partial charge in [-0.05, 0) is 54.8 Å². The molecule has 4 rings (SSSR count). The highest BCUT2D eigenvalue weighted by Crippen LogP contribution is 2.32. The van der Waals surface area contributed by atoms with Gasteiger partial charge < -0.3 is 9.52 Å². The molecule has 0 radical (unpaired) electrons. The van der Waals surface area contributed by atoms with E-state index in [1.165, 1.54) is 5.56 Å². The molecule has 5 heteroatoms. The zero-order chi connectivity index (χ0) is 16.7. The molecular weight excluding hydrogens is 368 g/mol. The van der Waals surface area contributed by atoms with Crippen LogP contribution in [0.3, 0.4) is 0 Å². The second-order valence-electron chi connectivity index (χ2n) is 5.72. The molecule has 0 aliphatic carbocycles. The van der Waals surface area contributed by atoms with Gasteiger partial charge in [-0.15, -0.1) is 0 Å². The van der Waals surface area contributed by atoms with E-state index in [4.69, 9.17) is 4.42 Å². The molecule has 0 spiro atoms. The van der Waals surface area contributed by atoms with Gasteiger partial charge in [0.05, 0.1) is 11.7 Å². The van der Waals surface area contributed by atoms with E-state index in [1.54, 1.807) is 24.6 Å². The molecule has 0 aliphatic heterocycles. The van der Waals surface area contributed by atoms with Crippen molar-refractivity contribution in [2.75, 3.05) is 0 Å². The summed E-state index contributed by atoms with van der Waals surface area (Å²) in [5.41, 5.74) is 4.39. The van der Waals surface area contributed by atoms with Crippen molar-refractivity contribution in [3.8, 4) is 11.8 Å². The number of rotatable bonds is 3. The second kappa shape index (κ2) is 5.83. The maximum atomic E-state index is 9.93. The third-order valence-electron chi connectivity index (χ3n) is 4.22. The summed E-state index contributed by atoms with van der Waals surface area (Å²) >= 11 is 3.47. The Morgan fingerprint density at radius 2 is 1.96 bits per heavy atom. The van der Waals surface area contributed by atoms with Crippen molar-refractivity contribution in [1.29, 1.82) is 0 Å². The molecule has 0 unspecified atom stereocenters.